The molecule has 0 spiro atoms. The average molecular weight is 998 g/mol. The molecular formula is C48H61ClN14O6S. The molecule has 0 bridgehead atoms. The molecule has 8 heterocycles. The van der Waals surface area contributed by atoms with Crippen LogP contribution in [0.3, 0.4) is 0 Å². The minimum absolute atomic E-state index is 0.00826. The van der Waals surface area contributed by atoms with Gasteiger partial charge in [0.05, 0.1) is 41.1 Å². The Morgan fingerprint density at radius 2 is 1.17 bits per heavy atom. The van der Waals surface area contributed by atoms with Crippen LogP contribution >= 0.6 is 11.6 Å². The van der Waals surface area contributed by atoms with Crippen molar-refractivity contribution < 1.29 is 27.5 Å². The van der Waals surface area contributed by atoms with Crippen LogP contribution in [0.1, 0.15) is 90.4 Å². The standard InChI is InChI=1S/C28H36N8O4S.C20H25ClN6O2/c1-28(2,3)40-27(37)35-13-7-8-19(18-35)24-14-25(31-21-9-11-22(12-10-21)41(38,39)33(4)5)36-26(32-24)23(16-30-36)20-15-29-34(6)17-20;1-20(2,3)29-19(28)26-7-5-6-13(12-26)16-8-17(21)27-18(24-16)15(10-23-27)14-9-22-25(4)11-14/h9-12,14-17,19,31H,7-8,13,18H2,1-6H3;8-11,13H,5-7,12H2,1-4H3. The number of benzene rings is 1. The lowest BCUT2D eigenvalue weighted by Crippen LogP contribution is -2.42. The molecule has 0 saturated carbocycles. The second kappa shape index (κ2) is 19.7. The highest BCUT2D eigenvalue weighted by molar-refractivity contribution is 7.89. The number of carbonyl (C=O) groups is 2. The van der Waals surface area contributed by atoms with Crippen molar-refractivity contribution in [3.63, 3.8) is 0 Å². The molecule has 1 aromatic carbocycles. The summed E-state index contributed by atoms with van der Waals surface area (Å²) in [4.78, 5) is 39.0. The maximum atomic E-state index is 12.9. The van der Waals surface area contributed by atoms with E-state index in [1.807, 2.05) is 80.2 Å². The second-order valence-corrected chi connectivity index (χ2v) is 22.5. The van der Waals surface area contributed by atoms with E-state index in [1.54, 1.807) is 77.2 Å². The van der Waals surface area contributed by atoms with E-state index in [0.717, 1.165) is 59.3 Å². The molecule has 1 N–H and O–H groups in total. The zero-order chi connectivity index (χ0) is 50.3. The van der Waals surface area contributed by atoms with E-state index >= 15 is 0 Å². The summed E-state index contributed by atoms with van der Waals surface area (Å²) in [7, 11) is 3.19. The number of ether oxygens (including phenoxy) is 2. The number of fused-ring (bicyclic) bond motifs is 2. The van der Waals surface area contributed by atoms with Gasteiger partial charge in [-0.15, -0.1) is 0 Å². The van der Waals surface area contributed by atoms with Gasteiger partial charge in [0.2, 0.25) is 10.0 Å². The summed E-state index contributed by atoms with van der Waals surface area (Å²) in [5, 5.41) is 21.4. The van der Waals surface area contributed by atoms with Gasteiger partial charge >= 0.3 is 12.2 Å². The number of amides is 2. The van der Waals surface area contributed by atoms with E-state index in [0.29, 0.717) is 54.1 Å². The highest BCUT2D eigenvalue weighted by Crippen LogP contribution is 2.34. The normalized spacial score (nSPS) is 16.9. The topological polar surface area (TPSA) is 205 Å². The van der Waals surface area contributed by atoms with Gasteiger partial charge in [-0.25, -0.2) is 36.8 Å². The minimum atomic E-state index is -3.54. The summed E-state index contributed by atoms with van der Waals surface area (Å²) < 4.78 is 44.2. The van der Waals surface area contributed by atoms with Crippen molar-refractivity contribution in [2.45, 2.75) is 95.2 Å². The third-order valence-electron chi connectivity index (χ3n) is 11.9. The predicted octanol–water partition coefficient (Wildman–Crippen LogP) is 8.14. The lowest BCUT2D eigenvalue weighted by Gasteiger charge is -2.34. The Labute approximate surface area is 412 Å². The van der Waals surface area contributed by atoms with E-state index in [1.165, 1.54) is 18.4 Å². The van der Waals surface area contributed by atoms with Crippen LogP contribution in [-0.2, 0) is 33.6 Å². The largest absolute Gasteiger partial charge is 0.444 e. The zero-order valence-electron chi connectivity index (χ0n) is 41.3. The van der Waals surface area contributed by atoms with Crippen LogP contribution in [0, 0.1) is 0 Å². The molecule has 6 aromatic heterocycles. The molecule has 22 heteroatoms. The highest BCUT2D eigenvalue weighted by Gasteiger charge is 2.32. The number of sulfonamides is 1. The number of likely N-dealkylation sites (tertiary alicyclic amines) is 2. The first-order valence-electron chi connectivity index (χ1n) is 23.2. The van der Waals surface area contributed by atoms with E-state index in [2.05, 4.69) is 25.7 Å². The Kier molecular flexibility index (Phi) is 14.0. The summed E-state index contributed by atoms with van der Waals surface area (Å²) in [5.74, 6) is 0.749. The average Bonchev–Trinajstić information content (AvgIpc) is 4.13. The summed E-state index contributed by atoms with van der Waals surface area (Å²) in [6.07, 6.45) is 13.8. The van der Waals surface area contributed by atoms with Crippen LogP contribution in [0.5, 0.6) is 0 Å². The molecule has 2 fully saturated rings. The quantitative estimate of drug-likeness (QED) is 0.143. The molecule has 70 heavy (non-hydrogen) atoms. The van der Waals surface area contributed by atoms with Gasteiger partial charge < -0.3 is 24.6 Å². The van der Waals surface area contributed by atoms with E-state index in [-0.39, 0.29) is 28.9 Å². The molecule has 2 unspecified atom stereocenters. The molecule has 2 aliphatic rings. The van der Waals surface area contributed by atoms with Gasteiger partial charge in [0.15, 0.2) is 11.3 Å². The van der Waals surface area contributed by atoms with Crippen LogP contribution in [0.25, 0.3) is 33.5 Å². The fourth-order valence-corrected chi connectivity index (χ4v) is 9.59. The van der Waals surface area contributed by atoms with Gasteiger partial charge in [0.1, 0.15) is 22.2 Å². The number of piperidine rings is 2. The van der Waals surface area contributed by atoms with Crippen molar-refractivity contribution in [3.05, 3.63) is 90.1 Å². The molecule has 9 rings (SSSR count). The van der Waals surface area contributed by atoms with Gasteiger partial charge in [0, 0.05) is 113 Å². The van der Waals surface area contributed by atoms with Crippen LogP contribution in [-0.4, -0.2) is 135 Å². The predicted molar refractivity (Wildman–Crippen MR) is 266 cm³/mol. The van der Waals surface area contributed by atoms with E-state index in [9.17, 15) is 18.0 Å². The Hall–Kier alpha value is -6.58. The number of nitrogens with one attached hydrogen (secondary N) is 1. The van der Waals surface area contributed by atoms with Crippen molar-refractivity contribution in [1.29, 1.82) is 0 Å². The second-order valence-electron chi connectivity index (χ2n) is 19.9. The number of nitrogens with zero attached hydrogens (tertiary/aromatic N) is 13. The Bertz CT molecular complexity index is 3130. The SMILES string of the molecule is CN(C)S(=O)(=O)c1ccc(Nc2cc(C3CCCN(C(=O)OC(C)(C)C)C3)nc3c(-c4cnn(C)c4)cnn23)cc1.Cn1cc(-c2cnn3c(Cl)cc(C4CCCN(C(=O)OC(C)(C)C)C4)nc23)cn1. The summed E-state index contributed by atoms with van der Waals surface area (Å²) >= 11 is 6.51. The molecule has 2 saturated heterocycles. The highest BCUT2D eigenvalue weighted by atomic mass is 35.5. The van der Waals surface area contributed by atoms with Gasteiger partial charge in [-0.05, 0) is 97.6 Å². The maximum absolute atomic E-state index is 12.9. The van der Waals surface area contributed by atoms with Gasteiger partial charge in [0.25, 0.3) is 0 Å². The number of carbonyl (C=O) groups excluding carboxylic acids is 2. The number of aromatic nitrogens is 10. The third kappa shape index (κ3) is 11.2. The Morgan fingerprint density at radius 3 is 1.63 bits per heavy atom. The first-order chi connectivity index (χ1) is 33.0. The van der Waals surface area contributed by atoms with E-state index in [4.69, 9.17) is 31.0 Å². The third-order valence-corrected chi connectivity index (χ3v) is 14.0. The zero-order valence-corrected chi connectivity index (χ0v) is 42.9. The van der Waals surface area contributed by atoms with Crippen LogP contribution < -0.4 is 5.32 Å². The number of rotatable bonds is 8. The smallest absolute Gasteiger partial charge is 0.410 e. The number of aryl methyl sites for hydroxylation is 2. The van der Waals surface area contributed by atoms with Crippen molar-refractivity contribution in [3.8, 4) is 22.3 Å². The minimum Gasteiger partial charge on any atom is -0.444 e. The molecule has 2 aliphatic heterocycles. The van der Waals surface area contributed by atoms with Gasteiger partial charge in [-0.3, -0.25) is 9.36 Å². The number of halogens is 1. The fraction of sp³-hybridized carbons (Fsp3) is 0.458. The maximum Gasteiger partial charge on any atom is 0.410 e. The molecule has 20 nitrogen and oxygen atoms in total. The van der Waals surface area contributed by atoms with E-state index < -0.39 is 21.2 Å². The van der Waals surface area contributed by atoms with Gasteiger partial charge in [-0.2, -0.15) is 24.9 Å². The lowest BCUT2D eigenvalue weighted by molar-refractivity contribution is 0.0187. The molecule has 372 valence electrons. The molecule has 2 amide bonds. The number of hydrogen-bond acceptors (Lipinski definition) is 13. The Morgan fingerprint density at radius 1 is 0.700 bits per heavy atom. The summed E-state index contributed by atoms with van der Waals surface area (Å²) in [5.41, 5.74) is 6.16. The van der Waals surface area contributed by atoms with Gasteiger partial charge in [-0.1, -0.05) is 11.6 Å². The monoisotopic (exact) mass is 996 g/mol. The summed E-state index contributed by atoms with van der Waals surface area (Å²) in [6.45, 7) is 13.6. The Balaban J connectivity index is 0.000000200. The van der Waals surface area contributed by atoms with Crippen molar-refractivity contribution in [2.24, 2.45) is 14.1 Å². The number of anilines is 2. The molecule has 0 radical (unpaired) electrons. The van der Waals surface area contributed by atoms with Crippen molar-refractivity contribution in [1.82, 2.24) is 62.9 Å². The molecule has 2 atom stereocenters. The molecule has 7 aromatic rings. The van der Waals surface area contributed by atoms with Crippen LogP contribution in [0.4, 0.5) is 21.1 Å². The first-order valence-corrected chi connectivity index (χ1v) is 25.0. The van der Waals surface area contributed by atoms with Crippen molar-refractivity contribution in [2.75, 3.05) is 45.6 Å². The molecular weight excluding hydrogens is 936 g/mol. The van der Waals surface area contributed by atoms with Crippen molar-refractivity contribution >= 4 is 56.6 Å². The van der Waals surface area contributed by atoms with Crippen LogP contribution in [0.2, 0.25) is 5.15 Å². The fourth-order valence-electron chi connectivity index (χ4n) is 8.45. The summed E-state index contributed by atoms with van der Waals surface area (Å²) in [6, 6.07) is 10.4. The first kappa shape index (κ1) is 49.8. The lowest BCUT2D eigenvalue weighted by atomic mass is 9.94. The van der Waals surface area contributed by atoms with Crippen LogP contribution in [0.15, 0.2) is 78.5 Å². The molecule has 0 aliphatic carbocycles. The number of hydrogen-bond donors (Lipinski definition) is 1.